The number of rotatable bonds is 3. The summed E-state index contributed by atoms with van der Waals surface area (Å²) in [5.41, 5.74) is 3.03. The van der Waals surface area contributed by atoms with Gasteiger partial charge < -0.3 is 10.2 Å². The molecule has 2 atom stereocenters. The van der Waals surface area contributed by atoms with Crippen LogP contribution in [0.2, 0.25) is 0 Å². The number of piperazine rings is 1. The maximum absolute atomic E-state index is 3.66. The van der Waals surface area contributed by atoms with Crippen LogP contribution in [-0.4, -0.2) is 25.2 Å². The Morgan fingerprint density at radius 1 is 1.10 bits per heavy atom. The molecular weight excluding hydrogens is 244 g/mol. The third-order valence-electron chi connectivity index (χ3n) is 4.53. The van der Waals surface area contributed by atoms with Crippen molar-refractivity contribution in [2.75, 3.05) is 18.0 Å². The number of hydrogen-bond acceptors (Lipinski definition) is 2. The predicted octanol–water partition coefficient (Wildman–Crippen LogP) is 3.95. The number of nitrogens with zero attached hydrogens (tertiary/aromatic N) is 1. The number of nitrogens with one attached hydrogen (secondary N) is 1. The zero-order chi connectivity index (χ0) is 14.8. The molecular formula is C18H30N2. The number of anilines is 1. The van der Waals surface area contributed by atoms with E-state index in [1.165, 1.54) is 24.1 Å². The zero-order valence-electron chi connectivity index (χ0n) is 13.7. The minimum Gasteiger partial charge on any atom is -0.366 e. The third kappa shape index (κ3) is 3.35. The van der Waals surface area contributed by atoms with Gasteiger partial charge in [-0.3, -0.25) is 0 Å². The van der Waals surface area contributed by atoms with E-state index in [1.54, 1.807) is 0 Å². The van der Waals surface area contributed by atoms with Crippen molar-refractivity contribution in [1.82, 2.24) is 5.32 Å². The summed E-state index contributed by atoms with van der Waals surface area (Å²) in [6.07, 6.45) is 2.40. The maximum atomic E-state index is 3.66. The minimum atomic E-state index is 0.234. The lowest BCUT2D eigenvalue weighted by Gasteiger charge is -2.41. The Morgan fingerprint density at radius 3 is 2.25 bits per heavy atom. The summed E-state index contributed by atoms with van der Waals surface area (Å²) in [5.74, 6) is 0. The third-order valence-corrected chi connectivity index (χ3v) is 4.53. The SMILES string of the molecule is CCC1CN(c2ccc(C(C)(C)C)cc2)C(CC)CN1. The standard InChI is InChI=1S/C18H30N2/c1-6-15-13-20(16(7-2)12-19-15)17-10-8-14(9-11-17)18(3,4)5/h8-11,15-16,19H,6-7,12-13H2,1-5H3. The van der Waals surface area contributed by atoms with Gasteiger partial charge in [0, 0.05) is 30.9 Å². The van der Waals surface area contributed by atoms with Crippen molar-refractivity contribution in [3.8, 4) is 0 Å². The molecule has 1 aromatic carbocycles. The van der Waals surface area contributed by atoms with Crippen molar-refractivity contribution in [3.05, 3.63) is 29.8 Å². The van der Waals surface area contributed by atoms with E-state index in [0.717, 1.165) is 13.1 Å². The van der Waals surface area contributed by atoms with Crippen LogP contribution < -0.4 is 10.2 Å². The summed E-state index contributed by atoms with van der Waals surface area (Å²) in [6, 6.07) is 10.5. The van der Waals surface area contributed by atoms with E-state index in [1.807, 2.05) is 0 Å². The van der Waals surface area contributed by atoms with E-state index in [2.05, 4.69) is 69.1 Å². The monoisotopic (exact) mass is 274 g/mol. The summed E-state index contributed by atoms with van der Waals surface area (Å²) in [5, 5.41) is 3.66. The average molecular weight is 274 g/mol. The van der Waals surface area contributed by atoms with Gasteiger partial charge in [0.05, 0.1) is 0 Å². The normalized spacial score (nSPS) is 23.9. The quantitative estimate of drug-likeness (QED) is 0.898. The summed E-state index contributed by atoms with van der Waals surface area (Å²) in [7, 11) is 0. The highest BCUT2D eigenvalue weighted by Gasteiger charge is 2.26. The largest absolute Gasteiger partial charge is 0.366 e. The first-order valence-corrected chi connectivity index (χ1v) is 8.06. The topological polar surface area (TPSA) is 15.3 Å². The van der Waals surface area contributed by atoms with E-state index in [9.17, 15) is 0 Å². The Bertz CT molecular complexity index is 416. The van der Waals surface area contributed by atoms with Gasteiger partial charge in [-0.2, -0.15) is 0 Å². The van der Waals surface area contributed by atoms with Crippen LogP contribution in [-0.2, 0) is 5.41 Å². The van der Waals surface area contributed by atoms with Crippen LogP contribution in [0, 0.1) is 0 Å². The number of benzene rings is 1. The summed E-state index contributed by atoms with van der Waals surface area (Å²) < 4.78 is 0. The molecule has 1 aliphatic rings. The van der Waals surface area contributed by atoms with Gasteiger partial charge in [0.15, 0.2) is 0 Å². The summed E-state index contributed by atoms with van der Waals surface area (Å²) >= 11 is 0. The van der Waals surface area contributed by atoms with E-state index < -0.39 is 0 Å². The highest BCUT2D eigenvalue weighted by Crippen LogP contribution is 2.27. The second kappa shape index (κ2) is 6.17. The molecule has 0 aromatic heterocycles. The fourth-order valence-electron chi connectivity index (χ4n) is 2.97. The molecule has 0 radical (unpaired) electrons. The van der Waals surface area contributed by atoms with Gasteiger partial charge in [0.25, 0.3) is 0 Å². The molecule has 2 rings (SSSR count). The van der Waals surface area contributed by atoms with E-state index in [4.69, 9.17) is 0 Å². The molecule has 112 valence electrons. The lowest BCUT2D eigenvalue weighted by atomic mass is 9.87. The Kier molecular flexibility index (Phi) is 4.74. The number of hydrogen-bond donors (Lipinski definition) is 1. The van der Waals surface area contributed by atoms with Gasteiger partial charge in [0.1, 0.15) is 0 Å². The van der Waals surface area contributed by atoms with Crippen LogP contribution in [0.4, 0.5) is 5.69 Å². The Labute approximate surface area is 124 Å². The first-order valence-electron chi connectivity index (χ1n) is 8.06. The molecule has 1 saturated heterocycles. The van der Waals surface area contributed by atoms with E-state index in [0.29, 0.717) is 12.1 Å². The molecule has 0 spiro atoms. The molecule has 2 heteroatoms. The highest BCUT2D eigenvalue weighted by molar-refractivity contribution is 5.50. The Morgan fingerprint density at radius 2 is 1.75 bits per heavy atom. The molecule has 1 heterocycles. The minimum absolute atomic E-state index is 0.234. The second-order valence-corrected chi connectivity index (χ2v) is 7.02. The van der Waals surface area contributed by atoms with Crippen LogP contribution in [0.5, 0.6) is 0 Å². The van der Waals surface area contributed by atoms with Gasteiger partial charge in [-0.25, -0.2) is 0 Å². The molecule has 0 saturated carbocycles. The molecule has 1 aromatic rings. The van der Waals surface area contributed by atoms with Gasteiger partial charge in [0.2, 0.25) is 0 Å². The summed E-state index contributed by atoms with van der Waals surface area (Å²) in [4.78, 5) is 2.59. The molecule has 1 N–H and O–H groups in total. The average Bonchev–Trinajstić information content (AvgIpc) is 2.45. The lowest BCUT2D eigenvalue weighted by Crippen LogP contribution is -2.56. The van der Waals surface area contributed by atoms with E-state index >= 15 is 0 Å². The molecule has 0 amide bonds. The molecule has 2 unspecified atom stereocenters. The van der Waals surface area contributed by atoms with E-state index in [-0.39, 0.29) is 5.41 Å². The van der Waals surface area contributed by atoms with Crippen LogP contribution in [0.15, 0.2) is 24.3 Å². The van der Waals surface area contributed by atoms with Gasteiger partial charge in [-0.05, 0) is 36.0 Å². The maximum Gasteiger partial charge on any atom is 0.0412 e. The van der Waals surface area contributed by atoms with Crippen molar-refractivity contribution in [2.24, 2.45) is 0 Å². The predicted molar refractivity (Wildman–Crippen MR) is 88.6 cm³/mol. The first-order chi connectivity index (χ1) is 9.45. The fraction of sp³-hybridized carbons (Fsp3) is 0.667. The molecule has 1 aliphatic heterocycles. The van der Waals surface area contributed by atoms with Gasteiger partial charge >= 0.3 is 0 Å². The van der Waals surface area contributed by atoms with Crippen molar-refractivity contribution < 1.29 is 0 Å². The second-order valence-electron chi connectivity index (χ2n) is 7.02. The van der Waals surface area contributed by atoms with Gasteiger partial charge in [-0.15, -0.1) is 0 Å². The molecule has 2 nitrogen and oxygen atoms in total. The zero-order valence-corrected chi connectivity index (χ0v) is 13.7. The van der Waals surface area contributed by atoms with Crippen LogP contribution in [0.25, 0.3) is 0 Å². The van der Waals surface area contributed by atoms with Crippen LogP contribution in [0.1, 0.15) is 53.0 Å². The van der Waals surface area contributed by atoms with Crippen molar-refractivity contribution >= 4 is 5.69 Å². The highest BCUT2D eigenvalue weighted by atomic mass is 15.2. The van der Waals surface area contributed by atoms with Crippen molar-refractivity contribution in [1.29, 1.82) is 0 Å². The lowest BCUT2D eigenvalue weighted by molar-refractivity contribution is 0.379. The van der Waals surface area contributed by atoms with Gasteiger partial charge in [-0.1, -0.05) is 46.8 Å². The molecule has 0 aliphatic carbocycles. The van der Waals surface area contributed by atoms with Crippen molar-refractivity contribution in [3.63, 3.8) is 0 Å². The van der Waals surface area contributed by atoms with Crippen LogP contribution in [0.3, 0.4) is 0 Å². The Hall–Kier alpha value is -1.02. The van der Waals surface area contributed by atoms with Crippen LogP contribution >= 0.6 is 0 Å². The Balaban J connectivity index is 2.19. The van der Waals surface area contributed by atoms with Crippen molar-refractivity contribution in [2.45, 2.75) is 65.0 Å². The molecule has 1 fully saturated rings. The fourth-order valence-corrected chi connectivity index (χ4v) is 2.97. The molecule has 20 heavy (non-hydrogen) atoms. The molecule has 0 bridgehead atoms. The summed E-state index contributed by atoms with van der Waals surface area (Å²) in [6.45, 7) is 13.6. The smallest absolute Gasteiger partial charge is 0.0412 e. The first kappa shape index (κ1) is 15.4.